The van der Waals surface area contributed by atoms with Crippen molar-refractivity contribution in [3.05, 3.63) is 47.2 Å². The smallest absolute Gasteiger partial charge is 0.173 e. The highest BCUT2D eigenvalue weighted by atomic mass is 32.2. The van der Waals surface area contributed by atoms with E-state index in [1.54, 1.807) is 11.8 Å². The molecule has 1 saturated carbocycles. The van der Waals surface area contributed by atoms with Crippen LogP contribution in [0.2, 0.25) is 0 Å². The lowest BCUT2D eigenvalue weighted by atomic mass is 9.85. The number of benzene rings is 1. The molecule has 1 fully saturated rings. The van der Waals surface area contributed by atoms with Gasteiger partial charge in [-0.3, -0.25) is 9.79 Å². The Morgan fingerprint density at radius 3 is 2.60 bits per heavy atom. The van der Waals surface area contributed by atoms with Crippen LogP contribution >= 0.6 is 11.8 Å². The van der Waals surface area contributed by atoms with Crippen LogP contribution < -0.4 is 5.32 Å². The lowest BCUT2D eigenvalue weighted by molar-refractivity contribution is 0.102. The molecule has 0 amide bonds. The average molecular weight is 355 g/mol. The topological polar surface area (TPSA) is 41.5 Å². The van der Waals surface area contributed by atoms with Gasteiger partial charge in [-0.1, -0.05) is 48.5 Å². The zero-order valence-electron chi connectivity index (χ0n) is 14.7. The summed E-state index contributed by atoms with van der Waals surface area (Å²) in [5, 5.41) is 4.95. The van der Waals surface area contributed by atoms with Crippen LogP contribution in [0.25, 0.3) is 0 Å². The first-order valence-corrected chi connectivity index (χ1v) is 10.6. The third-order valence-corrected chi connectivity index (χ3v) is 6.56. The normalized spacial score (nSPS) is 22.2. The SMILES string of the molecule is O=C(CSC1=NC2(CCCCC2)NC2=C1CCCC2)c1ccccc1. The number of hydrogen-bond donors (Lipinski definition) is 1. The van der Waals surface area contributed by atoms with Crippen LogP contribution in [0, 0.1) is 0 Å². The Kier molecular flexibility index (Phi) is 4.98. The largest absolute Gasteiger partial charge is 0.364 e. The zero-order valence-corrected chi connectivity index (χ0v) is 15.5. The summed E-state index contributed by atoms with van der Waals surface area (Å²) >= 11 is 1.66. The van der Waals surface area contributed by atoms with E-state index in [1.165, 1.54) is 43.4 Å². The Bertz CT molecular complexity index is 702. The van der Waals surface area contributed by atoms with E-state index >= 15 is 0 Å². The van der Waals surface area contributed by atoms with E-state index in [4.69, 9.17) is 4.99 Å². The second-order valence-electron chi connectivity index (χ2n) is 7.38. The highest BCUT2D eigenvalue weighted by Crippen LogP contribution is 2.39. The van der Waals surface area contributed by atoms with Crippen LogP contribution in [-0.4, -0.2) is 22.2 Å². The van der Waals surface area contributed by atoms with Crippen molar-refractivity contribution in [3.63, 3.8) is 0 Å². The molecule has 25 heavy (non-hydrogen) atoms. The molecule has 3 nitrogen and oxygen atoms in total. The number of carbonyl (C=O) groups excluding carboxylic acids is 1. The van der Waals surface area contributed by atoms with Crippen LogP contribution in [0.4, 0.5) is 0 Å². The monoisotopic (exact) mass is 354 g/mol. The number of Topliss-reactive ketones (excluding diaryl/α,β-unsaturated/α-hetero) is 1. The van der Waals surface area contributed by atoms with Crippen molar-refractivity contribution >= 4 is 22.6 Å². The van der Waals surface area contributed by atoms with Crippen molar-refractivity contribution in [3.8, 4) is 0 Å². The first-order chi connectivity index (χ1) is 12.3. The van der Waals surface area contributed by atoms with Gasteiger partial charge in [-0.2, -0.15) is 0 Å². The van der Waals surface area contributed by atoms with Crippen molar-refractivity contribution < 1.29 is 4.79 Å². The minimum atomic E-state index is -0.0907. The molecule has 4 rings (SSSR count). The summed E-state index contributed by atoms with van der Waals surface area (Å²) in [5.74, 6) is 0.679. The van der Waals surface area contributed by atoms with Gasteiger partial charge in [0.1, 0.15) is 5.66 Å². The number of allylic oxidation sites excluding steroid dienone is 1. The van der Waals surface area contributed by atoms with Gasteiger partial charge in [-0.25, -0.2) is 0 Å². The van der Waals surface area contributed by atoms with Gasteiger partial charge in [0.15, 0.2) is 5.78 Å². The molecule has 3 aliphatic rings. The third kappa shape index (κ3) is 3.69. The molecule has 1 aromatic carbocycles. The molecule has 1 heterocycles. The molecule has 0 unspecified atom stereocenters. The second kappa shape index (κ2) is 7.36. The van der Waals surface area contributed by atoms with Crippen molar-refractivity contribution in [2.45, 2.75) is 63.5 Å². The number of nitrogens with one attached hydrogen (secondary N) is 1. The van der Waals surface area contributed by atoms with Gasteiger partial charge in [-0.15, -0.1) is 0 Å². The van der Waals surface area contributed by atoms with E-state index in [0.29, 0.717) is 5.75 Å². The fraction of sp³-hybridized carbons (Fsp3) is 0.524. The van der Waals surface area contributed by atoms with Crippen molar-refractivity contribution in [1.82, 2.24) is 5.32 Å². The van der Waals surface area contributed by atoms with E-state index < -0.39 is 0 Å². The number of ketones is 1. The fourth-order valence-electron chi connectivity index (χ4n) is 4.18. The van der Waals surface area contributed by atoms with Crippen molar-refractivity contribution in [2.75, 3.05) is 5.75 Å². The molecule has 0 atom stereocenters. The quantitative estimate of drug-likeness (QED) is 0.769. The van der Waals surface area contributed by atoms with Crippen molar-refractivity contribution in [2.24, 2.45) is 4.99 Å². The van der Waals surface area contributed by atoms with E-state index in [2.05, 4.69) is 5.32 Å². The predicted octanol–water partition coefficient (Wildman–Crippen LogP) is 5.09. The van der Waals surface area contributed by atoms with Gasteiger partial charge >= 0.3 is 0 Å². The van der Waals surface area contributed by atoms with Crippen LogP contribution in [0.1, 0.15) is 68.1 Å². The minimum absolute atomic E-state index is 0.0907. The lowest BCUT2D eigenvalue weighted by Gasteiger charge is -2.42. The average Bonchev–Trinajstić information content (AvgIpc) is 2.67. The Labute approximate surface area is 154 Å². The maximum Gasteiger partial charge on any atom is 0.173 e. The van der Waals surface area contributed by atoms with Crippen LogP contribution in [0.3, 0.4) is 0 Å². The Morgan fingerprint density at radius 1 is 1.04 bits per heavy atom. The maximum atomic E-state index is 12.5. The summed E-state index contributed by atoms with van der Waals surface area (Å²) in [5.41, 5.74) is 3.51. The molecular weight excluding hydrogens is 328 g/mol. The van der Waals surface area contributed by atoms with Gasteiger partial charge in [0.25, 0.3) is 0 Å². The Hall–Kier alpha value is -1.55. The maximum absolute atomic E-state index is 12.5. The molecule has 0 saturated heterocycles. The Balaban J connectivity index is 1.54. The zero-order chi connectivity index (χ0) is 17.1. The van der Waals surface area contributed by atoms with Crippen LogP contribution in [0.15, 0.2) is 46.6 Å². The number of rotatable bonds is 3. The van der Waals surface area contributed by atoms with E-state index in [9.17, 15) is 4.79 Å². The highest BCUT2D eigenvalue weighted by Gasteiger charge is 2.37. The van der Waals surface area contributed by atoms with Gasteiger partial charge in [0.2, 0.25) is 0 Å². The van der Waals surface area contributed by atoms with Crippen molar-refractivity contribution in [1.29, 1.82) is 0 Å². The predicted molar refractivity (Wildman–Crippen MR) is 105 cm³/mol. The molecule has 0 radical (unpaired) electrons. The molecule has 132 valence electrons. The molecule has 1 aromatic rings. The fourth-order valence-corrected chi connectivity index (χ4v) is 5.26. The molecule has 1 aliphatic heterocycles. The first kappa shape index (κ1) is 16.9. The summed E-state index contributed by atoms with van der Waals surface area (Å²) < 4.78 is 0. The van der Waals surface area contributed by atoms with Gasteiger partial charge in [-0.05, 0) is 51.4 Å². The second-order valence-corrected chi connectivity index (χ2v) is 8.34. The summed E-state index contributed by atoms with van der Waals surface area (Å²) in [6.07, 6.45) is 10.8. The number of carbonyl (C=O) groups is 1. The van der Waals surface area contributed by atoms with Gasteiger partial charge < -0.3 is 5.32 Å². The summed E-state index contributed by atoms with van der Waals surface area (Å²) in [7, 11) is 0. The summed E-state index contributed by atoms with van der Waals surface area (Å²) in [6.45, 7) is 0. The number of nitrogens with zero attached hydrogens (tertiary/aromatic N) is 1. The van der Waals surface area contributed by atoms with Crippen LogP contribution in [0.5, 0.6) is 0 Å². The van der Waals surface area contributed by atoms with E-state index in [1.807, 2.05) is 30.3 Å². The molecule has 0 aromatic heterocycles. The third-order valence-electron chi connectivity index (χ3n) is 5.54. The molecular formula is C21H26N2OS. The van der Waals surface area contributed by atoms with Crippen LogP contribution in [-0.2, 0) is 0 Å². The molecule has 0 bridgehead atoms. The lowest BCUT2D eigenvalue weighted by Crippen LogP contribution is -2.48. The molecule has 4 heteroatoms. The van der Waals surface area contributed by atoms with E-state index in [-0.39, 0.29) is 11.4 Å². The molecule has 1 N–H and O–H groups in total. The standard InChI is InChI=1S/C21H26N2OS/c24-19(16-9-3-1-4-10-16)15-25-20-17-11-5-6-12-18(17)22-21(23-20)13-7-2-8-14-21/h1,3-4,9-10,22H,2,5-8,11-15H2. The van der Waals surface area contributed by atoms with E-state index in [0.717, 1.165) is 36.3 Å². The van der Waals surface area contributed by atoms with Gasteiger partial charge in [0.05, 0.1) is 10.8 Å². The highest BCUT2D eigenvalue weighted by molar-refractivity contribution is 8.15. The number of hydrogen-bond acceptors (Lipinski definition) is 4. The van der Waals surface area contributed by atoms with Gasteiger partial charge in [0, 0.05) is 16.8 Å². The Morgan fingerprint density at radius 2 is 1.80 bits per heavy atom. The summed E-state index contributed by atoms with van der Waals surface area (Å²) in [4.78, 5) is 17.7. The number of aliphatic imine (C=N–C) groups is 1. The first-order valence-electron chi connectivity index (χ1n) is 9.57. The summed E-state index contributed by atoms with van der Waals surface area (Å²) in [6, 6.07) is 9.62. The minimum Gasteiger partial charge on any atom is -0.364 e. The molecule has 2 aliphatic carbocycles. The number of thioether (sulfide) groups is 1. The molecule has 1 spiro atoms.